The molecule has 4 rings (SSSR count). The van der Waals surface area contributed by atoms with Crippen molar-refractivity contribution in [3.8, 4) is 0 Å². The first kappa shape index (κ1) is 26.8. The van der Waals surface area contributed by atoms with Crippen LogP contribution in [0.25, 0.3) is 21.8 Å². The summed E-state index contributed by atoms with van der Waals surface area (Å²) < 4.78 is 9.27. The molecule has 2 unspecified atom stereocenters. The van der Waals surface area contributed by atoms with Crippen molar-refractivity contribution in [2.24, 2.45) is 14.1 Å². The van der Waals surface area contributed by atoms with Gasteiger partial charge in [0.1, 0.15) is 17.7 Å². The fraction of sp³-hybridized carbons (Fsp3) is 0.345. The summed E-state index contributed by atoms with van der Waals surface area (Å²) in [4.78, 5) is 38.4. The zero-order valence-corrected chi connectivity index (χ0v) is 22.3. The molecule has 0 aliphatic rings. The first-order chi connectivity index (χ1) is 17.9. The molecule has 0 fully saturated rings. The van der Waals surface area contributed by atoms with E-state index in [4.69, 9.17) is 4.74 Å². The predicted octanol–water partition coefficient (Wildman–Crippen LogP) is 3.92. The summed E-state index contributed by atoms with van der Waals surface area (Å²) in [5.74, 6) is -1.76. The number of carboxylic acids is 1. The van der Waals surface area contributed by atoms with Crippen LogP contribution >= 0.6 is 0 Å². The zero-order valence-electron chi connectivity index (χ0n) is 22.3. The Bertz CT molecular complexity index is 1490. The highest BCUT2D eigenvalue weighted by atomic mass is 16.6. The predicted molar refractivity (Wildman–Crippen MR) is 146 cm³/mol. The average Bonchev–Trinajstić information content (AvgIpc) is 3.33. The highest BCUT2D eigenvalue weighted by Crippen LogP contribution is 2.23. The van der Waals surface area contributed by atoms with Crippen LogP contribution in [0.1, 0.15) is 31.9 Å². The Morgan fingerprint density at radius 1 is 0.816 bits per heavy atom. The van der Waals surface area contributed by atoms with Crippen molar-refractivity contribution in [3.63, 3.8) is 0 Å². The minimum atomic E-state index is -1.19. The quantitative estimate of drug-likeness (QED) is 0.327. The summed E-state index contributed by atoms with van der Waals surface area (Å²) in [6.07, 6.45) is 3.29. The highest BCUT2D eigenvalue weighted by molar-refractivity contribution is 5.92. The number of carbonyl (C=O) groups excluding carboxylic acids is 2. The number of nitrogens with one attached hydrogen (secondary N) is 2. The Kier molecular flexibility index (Phi) is 7.48. The van der Waals surface area contributed by atoms with Crippen molar-refractivity contribution in [1.29, 1.82) is 0 Å². The van der Waals surface area contributed by atoms with Gasteiger partial charge in [0.15, 0.2) is 0 Å². The number of aromatic nitrogens is 2. The molecule has 38 heavy (non-hydrogen) atoms. The van der Waals surface area contributed by atoms with Crippen LogP contribution in [-0.4, -0.2) is 49.9 Å². The van der Waals surface area contributed by atoms with E-state index in [2.05, 4.69) is 10.6 Å². The number of fused-ring (bicyclic) bond motifs is 2. The van der Waals surface area contributed by atoms with Gasteiger partial charge in [-0.05, 0) is 44.0 Å². The third kappa shape index (κ3) is 5.99. The summed E-state index contributed by atoms with van der Waals surface area (Å²) in [7, 11) is 3.80. The van der Waals surface area contributed by atoms with Crippen LogP contribution in [0, 0.1) is 0 Å². The fourth-order valence-electron chi connectivity index (χ4n) is 4.75. The van der Waals surface area contributed by atoms with Gasteiger partial charge in [-0.25, -0.2) is 9.59 Å². The molecule has 9 nitrogen and oxygen atoms in total. The SMILES string of the molecule is Cn1cc(CC(NC(=O)C(Cc2cn(C)c3ccccc23)NC(=O)OC(C)(C)C)C(=O)O)c2ccccc21. The molecule has 0 spiro atoms. The second kappa shape index (κ2) is 10.6. The van der Waals surface area contributed by atoms with Crippen molar-refractivity contribution in [2.75, 3.05) is 0 Å². The van der Waals surface area contributed by atoms with E-state index in [1.54, 1.807) is 20.8 Å². The van der Waals surface area contributed by atoms with Crippen LogP contribution < -0.4 is 10.6 Å². The van der Waals surface area contributed by atoms with Crippen molar-refractivity contribution in [2.45, 2.75) is 51.3 Å². The van der Waals surface area contributed by atoms with Crippen LogP contribution in [0.15, 0.2) is 60.9 Å². The molecule has 2 aromatic carbocycles. The van der Waals surface area contributed by atoms with Crippen LogP contribution in [0.5, 0.6) is 0 Å². The summed E-state index contributed by atoms with van der Waals surface area (Å²) in [5.41, 5.74) is 2.85. The molecule has 2 heterocycles. The highest BCUT2D eigenvalue weighted by Gasteiger charge is 2.30. The maximum Gasteiger partial charge on any atom is 0.408 e. The Labute approximate surface area is 221 Å². The zero-order chi connectivity index (χ0) is 27.6. The smallest absolute Gasteiger partial charge is 0.408 e. The van der Waals surface area contributed by atoms with Gasteiger partial charge >= 0.3 is 12.1 Å². The van der Waals surface area contributed by atoms with Crippen LogP contribution in [0.2, 0.25) is 0 Å². The molecular formula is C29H34N4O5. The number of hydrogen-bond donors (Lipinski definition) is 3. The first-order valence-corrected chi connectivity index (χ1v) is 12.5. The number of para-hydroxylation sites is 2. The van der Waals surface area contributed by atoms with E-state index in [1.165, 1.54) is 0 Å². The van der Waals surface area contributed by atoms with E-state index in [9.17, 15) is 19.5 Å². The molecular weight excluding hydrogens is 484 g/mol. The molecule has 4 aromatic rings. The van der Waals surface area contributed by atoms with Crippen LogP contribution in [0.4, 0.5) is 4.79 Å². The number of hydrogen-bond acceptors (Lipinski definition) is 4. The minimum absolute atomic E-state index is 0.0931. The van der Waals surface area contributed by atoms with Gasteiger partial charge in [-0.15, -0.1) is 0 Å². The monoisotopic (exact) mass is 518 g/mol. The van der Waals surface area contributed by atoms with E-state index < -0.39 is 35.7 Å². The number of nitrogens with zero attached hydrogens (tertiary/aromatic N) is 2. The normalized spacial score (nSPS) is 13.3. The van der Waals surface area contributed by atoms with Gasteiger partial charge in [0.05, 0.1) is 0 Å². The van der Waals surface area contributed by atoms with E-state index in [0.717, 1.165) is 32.9 Å². The lowest BCUT2D eigenvalue weighted by atomic mass is 10.0. The van der Waals surface area contributed by atoms with E-state index in [0.29, 0.717) is 0 Å². The van der Waals surface area contributed by atoms with Crippen molar-refractivity contribution < 1.29 is 24.2 Å². The molecule has 0 bridgehead atoms. The first-order valence-electron chi connectivity index (χ1n) is 12.5. The van der Waals surface area contributed by atoms with Crippen LogP contribution in [-0.2, 0) is 41.3 Å². The molecule has 3 N–H and O–H groups in total. The van der Waals surface area contributed by atoms with Gasteiger partial charge < -0.3 is 29.6 Å². The van der Waals surface area contributed by atoms with Gasteiger partial charge in [-0.1, -0.05) is 36.4 Å². The van der Waals surface area contributed by atoms with Gasteiger partial charge in [-0.2, -0.15) is 0 Å². The van der Waals surface area contributed by atoms with E-state index >= 15 is 0 Å². The topological polar surface area (TPSA) is 115 Å². The Balaban J connectivity index is 1.60. The molecule has 9 heteroatoms. The number of benzene rings is 2. The molecule has 0 saturated heterocycles. The molecule has 200 valence electrons. The lowest BCUT2D eigenvalue weighted by Gasteiger charge is -2.24. The summed E-state index contributed by atoms with van der Waals surface area (Å²) in [5, 5.41) is 17.2. The number of carboxylic acid groups (broad SMARTS) is 1. The number of rotatable bonds is 8. The Morgan fingerprint density at radius 3 is 1.76 bits per heavy atom. The number of amides is 2. The Morgan fingerprint density at radius 2 is 1.29 bits per heavy atom. The third-order valence-corrected chi connectivity index (χ3v) is 6.43. The van der Waals surface area contributed by atoms with Gasteiger partial charge in [0.2, 0.25) is 5.91 Å². The maximum atomic E-state index is 13.5. The summed E-state index contributed by atoms with van der Waals surface area (Å²) >= 11 is 0. The Hall–Kier alpha value is -4.27. The second-order valence-corrected chi connectivity index (χ2v) is 10.6. The average molecular weight is 519 g/mol. The molecule has 2 atom stereocenters. The molecule has 0 aliphatic heterocycles. The number of aliphatic carboxylic acids is 1. The van der Waals surface area contributed by atoms with Gasteiger partial charge in [0.25, 0.3) is 0 Å². The summed E-state index contributed by atoms with van der Waals surface area (Å²) in [6, 6.07) is 13.2. The molecule has 2 aromatic heterocycles. The standard InChI is InChI=1S/C29H34N4O5/c1-29(2,3)38-28(37)31-22(14-18-16-32(4)24-12-8-6-10-20(18)24)26(34)30-23(27(35)36)15-19-17-33(5)25-13-9-7-11-21(19)25/h6-13,16-17,22-23H,14-15H2,1-5H3,(H,30,34)(H,31,37)(H,35,36). The van der Waals surface area contributed by atoms with E-state index in [1.807, 2.05) is 84.2 Å². The second-order valence-electron chi connectivity index (χ2n) is 10.6. The van der Waals surface area contributed by atoms with Crippen LogP contribution in [0.3, 0.4) is 0 Å². The fourth-order valence-corrected chi connectivity index (χ4v) is 4.75. The van der Waals surface area contributed by atoms with Crippen molar-refractivity contribution in [1.82, 2.24) is 19.8 Å². The number of aryl methyl sites for hydroxylation is 2. The third-order valence-electron chi connectivity index (χ3n) is 6.43. The van der Waals surface area contributed by atoms with Crippen molar-refractivity contribution >= 4 is 39.8 Å². The molecule has 2 amide bonds. The number of ether oxygens (including phenoxy) is 1. The van der Waals surface area contributed by atoms with Gasteiger partial charge in [-0.3, -0.25) is 4.79 Å². The van der Waals surface area contributed by atoms with E-state index in [-0.39, 0.29) is 12.8 Å². The van der Waals surface area contributed by atoms with Crippen molar-refractivity contribution in [3.05, 3.63) is 72.1 Å². The summed E-state index contributed by atoms with van der Waals surface area (Å²) in [6.45, 7) is 5.20. The largest absolute Gasteiger partial charge is 0.480 e. The lowest BCUT2D eigenvalue weighted by molar-refractivity contribution is -0.142. The molecule has 0 aliphatic carbocycles. The van der Waals surface area contributed by atoms with Gasteiger partial charge in [0, 0.05) is 61.1 Å². The molecule has 0 saturated carbocycles. The minimum Gasteiger partial charge on any atom is -0.480 e. The molecule has 0 radical (unpaired) electrons. The lowest BCUT2D eigenvalue weighted by Crippen LogP contribution is -2.53. The number of alkyl carbamates (subject to hydrolysis) is 1. The maximum absolute atomic E-state index is 13.5. The number of carbonyl (C=O) groups is 3.